The summed E-state index contributed by atoms with van der Waals surface area (Å²) in [7, 11) is 0. The summed E-state index contributed by atoms with van der Waals surface area (Å²) < 4.78 is 11.0. The lowest BCUT2D eigenvalue weighted by molar-refractivity contribution is 0.0177. The lowest BCUT2D eigenvalue weighted by atomic mass is 9.93. The zero-order chi connectivity index (χ0) is 21.0. The van der Waals surface area contributed by atoms with Crippen LogP contribution in [0.5, 0.6) is 0 Å². The molecule has 2 amide bonds. The summed E-state index contributed by atoms with van der Waals surface area (Å²) in [5.74, 6) is 0.427. The van der Waals surface area contributed by atoms with Crippen molar-refractivity contribution in [3.8, 4) is 0 Å². The molecule has 3 rings (SSSR count). The second-order valence-corrected chi connectivity index (χ2v) is 8.86. The fourth-order valence-electron chi connectivity index (χ4n) is 3.99. The van der Waals surface area contributed by atoms with Crippen LogP contribution in [0.4, 0.5) is 9.59 Å². The number of aliphatic hydroxyl groups excluding tert-OH is 1. The minimum Gasteiger partial charge on any atom is -0.444 e. The first-order valence-electron chi connectivity index (χ1n) is 10.4. The third-order valence-corrected chi connectivity index (χ3v) is 5.57. The van der Waals surface area contributed by atoms with Gasteiger partial charge in [-0.05, 0) is 51.5 Å². The molecule has 2 atom stereocenters. The second kappa shape index (κ2) is 9.03. The molecule has 0 saturated carbocycles. The van der Waals surface area contributed by atoms with Gasteiger partial charge in [0.25, 0.3) is 0 Å². The molecule has 160 valence electrons. The number of aliphatic hydroxyl groups is 1. The minimum absolute atomic E-state index is 0.137. The normalized spacial score (nSPS) is 23.2. The van der Waals surface area contributed by atoms with Gasteiger partial charge in [-0.2, -0.15) is 0 Å². The number of nitrogens with zero attached hydrogens (tertiary/aromatic N) is 2. The van der Waals surface area contributed by atoms with Crippen LogP contribution in [0.1, 0.15) is 51.7 Å². The number of carbonyl (C=O) groups excluding carboxylic acids is 2. The molecule has 2 aliphatic rings. The molecule has 0 aromatic heterocycles. The zero-order valence-electron chi connectivity index (χ0n) is 17.5. The van der Waals surface area contributed by atoms with E-state index in [9.17, 15) is 14.7 Å². The first-order valence-corrected chi connectivity index (χ1v) is 10.4. The third kappa shape index (κ3) is 5.41. The molecule has 0 unspecified atom stereocenters. The molecule has 7 heteroatoms. The standard InChI is InChI=1S/C22H32N2O5/c1-22(2,3)29-20(26)23-12-9-16(10-13-23)11-14-24-18(15-25)19(28-21(24)27)17-7-5-4-6-8-17/h4-8,16,18-19,25H,9-15H2,1-3H3/t18-,19+/m1/s1. The van der Waals surface area contributed by atoms with Gasteiger partial charge >= 0.3 is 12.2 Å². The van der Waals surface area contributed by atoms with Crippen molar-refractivity contribution in [3.63, 3.8) is 0 Å². The van der Waals surface area contributed by atoms with Crippen molar-refractivity contribution in [3.05, 3.63) is 35.9 Å². The number of cyclic esters (lactones) is 1. The third-order valence-electron chi connectivity index (χ3n) is 5.57. The van der Waals surface area contributed by atoms with E-state index in [4.69, 9.17) is 9.47 Å². The Labute approximate surface area is 172 Å². The van der Waals surface area contributed by atoms with Crippen LogP contribution >= 0.6 is 0 Å². The molecule has 1 aromatic rings. The van der Waals surface area contributed by atoms with Crippen molar-refractivity contribution >= 4 is 12.2 Å². The van der Waals surface area contributed by atoms with Crippen molar-refractivity contribution in [2.75, 3.05) is 26.2 Å². The maximum Gasteiger partial charge on any atom is 0.410 e. The SMILES string of the molecule is CC(C)(C)OC(=O)N1CCC(CCN2C(=O)O[C@@H](c3ccccc3)[C@H]2CO)CC1. The summed E-state index contributed by atoms with van der Waals surface area (Å²) in [4.78, 5) is 28.0. The predicted octanol–water partition coefficient (Wildman–Crippen LogP) is 3.58. The van der Waals surface area contributed by atoms with Crippen molar-refractivity contribution in [2.45, 2.75) is 57.8 Å². The number of piperidine rings is 1. The van der Waals surface area contributed by atoms with E-state index in [1.54, 1.807) is 9.80 Å². The monoisotopic (exact) mass is 404 g/mol. The quantitative estimate of drug-likeness (QED) is 0.811. The van der Waals surface area contributed by atoms with Gasteiger partial charge in [-0.1, -0.05) is 30.3 Å². The van der Waals surface area contributed by atoms with E-state index in [0.29, 0.717) is 25.6 Å². The maximum absolute atomic E-state index is 12.4. The molecule has 0 spiro atoms. The highest BCUT2D eigenvalue weighted by Crippen LogP contribution is 2.33. The number of hydrogen-bond donors (Lipinski definition) is 1. The van der Waals surface area contributed by atoms with Crippen LogP contribution in [-0.2, 0) is 9.47 Å². The van der Waals surface area contributed by atoms with Gasteiger partial charge < -0.3 is 19.5 Å². The molecule has 29 heavy (non-hydrogen) atoms. The van der Waals surface area contributed by atoms with E-state index in [1.807, 2.05) is 51.1 Å². The Morgan fingerprint density at radius 3 is 2.45 bits per heavy atom. The van der Waals surface area contributed by atoms with Crippen LogP contribution in [0.2, 0.25) is 0 Å². The van der Waals surface area contributed by atoms with Gasteiger partial charge in [0.2, 0.25) is 0 Å². The Kier molecular flexibility index (Phi) is 6.67. The molecule has 7 nitrogen and oxygen atoms in total. The summed E-state index contributed by atoms with van der Waals surface area (Å²) in [5.41, 5.74) is 0.409. The van der Waals surface area contributed by atoms with Gasteiger partial charge in [0.05, 0.1) is 12.6 Å². The first-order chi connectivity index (χ1) is 13.8. The number of ether oxygens (including phenoxy) is 2. The fraction of sp³-hybridized carbons (Fsp3) is 0.636. The highest BCUT2D eigenvalue weighted by atomic mass is 16.6. The zero-order valence-corrected chi connectivity index (χ0v) is 17.5. The van der Waals surface area contributed by atoms with Gasteiger partial charge in [0, 0.05) is 19.6 Å². The molecule has 0 aliphatic carbocycles. The fourth-order valence-corrected chi connectivity index (χ4v) is 3.99. The molecule has 0 bridgehead atoms. The molecule has 2 saturated heterocycles. The van der Waals surface area contributed by atoms with Crippen LogP contribution < -0.4 is 0 Å². The summed E-state index contributed by atoms with van der Waals surface area (Å²) in [6.07, 6.45) is 1.52. The van der Waals surface area contributed by atoms with Crippen LogP contribution in [-0.4, -0.2) is 65.0 Å². The molecular weight excluding hydrogens is 372 g/mol. The van der Waals surface area contributed by atoms with Crippen LogP contribution in [0.3, 0.4) is 0 Å². The topological polar surface area (TPSA) is 79.3 Å². The highest BCUT2D eigenvalue weighted by Gasteiger charge is 2.42. The van der Waals surface area contributed by atoms with Gasteiger partial charge in [0.1, 0.15) is 5.60 Å². The van der Waals surface area contributed by atoms with E-state index in [-0.39, 0.29) is 24.8 Å². The molecule has 1 N–H and O–H groups in total. The van der Waals surface area contributed by atoms with Crippen molar-refractivity contribution in [1.82, 2.24) is 9.80 Å². The molecule has 2 aliphatic heterocycles. The summed E-state index contributed by atoms with van der Waals surface area (Å²) in [5, 5.41) is 9.88. The van der Waals surface area contributed by atoms with E-state index in [0.717, 1.165) is 24.8 Å². The lowest BCUT2D eigenvalue weighted by Crippen LogP contribution is -2.43. The molecule has 2 heterocycles. The Hall–Kier alpha value is -2.28. The average molecular weight is 405 g/mol. The van der Waals surface area contributed by atoms with Crippen LogP contribution in [0.25, 0.3) is 0 Å². The van der Waals surface area contributed by atoms with Gasteiger partial charge in [-0.15, -0.1) is 0 Å². The maximum atomic E-state index is 12.4. The Morgan fingerprint density at radius 2 is 1.86 bits per heavy atom. The summed E-state index contributed by atoms with van der Waals surface area (Å²) in [6.45, 7) is 7.35. The first kappa shape index (κ1) is 21.4. The Balaban J connectivity index is 1.50. The van der Waals surface area contributed by atoms with Crippen molar-refractivity contribution < 1.29 is 24.2 Å². The molecular formula is C22H32N2O5. The summed E-state index contributed by atoms with van der Waals surface area (Å²) >= 11 is 0. The van der Waals surface area contributed by atoms with E-state index >= 15 is 0 Å². The highest BCUT2D eigenvalue weighted by molar-refractivity contribution is 5.71. The Morgan fingerprint density at radius 1 is 1.21 bits per heavy atom. The smallest absolute Gasteiger partial charge is 0.410 e. The number of likely N-dealkylation sites (tertiary alicyclic amines) is 1. The largest absolute Gasteiger partial charge is 0.444 e. The van der Waals surface area contributed by atoms with Crippen LogP contribution in [0, 0.1) is 5.92 Å². The number of amides is 2. The number of hydrogen-bond acceptors (Lipinski definition) is 5. The van der Waals surface area contributed by atoms with Crippen LogP contribution in [0.15, 0.2) is 30.3 Å². The number of rotatable bonds is 5. The van der Waals surface area contributed by atoms with Gasteiger partial charge in [0.15, 0.2) is 6.10 Å². The van der Waals surface area contributed by atoms with Gasteiger partial charge in [-0.3, -0.25) is 4.90 Å². The van der Waals surface area contributed by atoms with E-state index in [2.05, 4.69) is 0 Å². The molecule has 2 fully saturated rings. The second-order valence-electron chi connectivity index (χ2n) is 8.86. The van der Waals surface area contributed by atoms with E-state index < -0.39 is 11.7 Å². The molecule has 1 aromatic carbocycles. The predicted molar refractivity (Wildman–Crippen MR) is 108 cm³/mol. The molecule has 0 radical (unpaired) electrons. The number of benzene rings is 1. The van der Waals surface area contributed by atoms with E-state index in [1.165, 1.54) is 0 Å². The minimum atomic E-state index is -0.487. The lowest BCUT2D eigenvalue weighted by Gasteiger charge is -2.34. The summed E-state index contributed by atoms with van der Waals surface area (Å²) in [6, 6.07) is 9.17. The number of carbonyl (C=O) groups is 2. The van der Waals surface area contributed by atoms with Crippen molar-refractivity contribution in [1.29, 1.82) is 0 Å². The van der Waals surface area contributed by atoms with Gasteiger partial charge in [-0.25, -0.2) is 9.59 Å². The Bertz CT molecular complexity index is 695. The average Bonchev–Trinajstić information content (AvgIpc) is 3.01. The van der Waals surface area contributed by atoms with Crippen molar-refractivity contribution in [2.24, 2.45) is 5.92 Å².